The number of benzene rings is 1. The third-order valence-electron chi connectivity index (χ3n) is 4.78. The maximum Gasteiger partial charge on any atom is 0.308 e. The largest absolute Gasteiger partial charge is 0.497 e. The van der Waals surface area contributed by atoms with Crippen molar-refractivity contribution in [2.45, 2.75) is 25.7 Å². The van der Waals surface area contributed by atoms with Crippen molar-refractivity contribution in [3.05, 3.63) is 24.3 Å². The number of hydrogen-bond acceptors (Lipinski definition) is 5. The molecule has 1 heterocycles. The molecule has 1 aromatic rings. The predicted molar refractivity (Wildman–Crippen MR) is 102 cm³/mol. The van der Waals surface area contributed by atoms with Crippen LogP contribution in [0.25, 0.3) is 0 Å². The first kappa shape index (κ1) is 21.5. The summed E-state index contributed by atoms with van der Waals surface area (Å²) < 4.78 is 10.7. The molecule has 2 rings (SSSR count). The van der Waals surface area contributed by atoms with E-state index >= 15 is 0 Å². The Hall–Kier alpha value is -2.77. The summed E-state index contributed by atoms with van der Waals surface area (Å²) in [5, 5.41) is 9.12. The molecule has 0 aliphatic carbocycles. The van der Waals surface area contributed by atoms with Crippen molar-refractivity contribution < 1.29 is 29.0 Å². The number of piperidine rings is 1. The van der Waals surface area contributed by atoms with Gasteiger partial charge in [-0.15, -0.1) is 0 Å². The predicted octanol–water partition coefficient (Wildman–Crippen LogP) is 1.64. The van der Waals surface area contributed by atoms with Crippen molar-refractivity contribution in [1.82, 2.24) is 9.80 Å². The third-order valence-corrected chi connectivity index (χ3v) is 4.78. The Kier molecular flexibility index (Phi) is 8.10. The van der Waals surface area contributed by atoms with E-state index in [0.717, 1.165) is 5.75 Å². The highest BCUT2D eigenvalue weighted by atomic mass is 16.5. The first-order valence-corrected chi connectivity index (χ1v) is 9.42. The summed E-state index contributed by atoms with van der Waals surface area (Å²) in [5.74, 6) is -0.297. The zero-order chi connectivity index (χ0) is 20.5. The average molecular weight is 392 g/mol. The van der Waals surface area contributed by atoms with Gasteiger partial charge in [-0.25, -0.2) is 0 Å². The molecule has 28 heavy (non-hydrogen) atoms. The Balaban J connectivity index is 1.68. The summed E-state index contributed by atoms with van der Waals surface area (Å²) >= 11 is 0. The summed E-state index contributed by atoms with van der Waals surface area (Å²) in [6, 6.07) is 7.20. The van der Waals surface area contributed by atoms with E-state index in [2.05, 4.69) is 0 Å². The molecule has 1 aromatic carbocycles. The number of carbonyl (C=O) groups excluding carboxylic acids is 2. The van der Waals surface area contributed by atoms with Crippen LogP contribution in [-0.4, -0.2) is 73.1 Å². The summed E-state index contributed by atoms with van der Waals surface area (Å²) in [7, 11) is 3.18. The molecule has 0 radical (unpaired) electrons. The van der Waals surface area contributed by atoms with Crippen LogP contribution in [0.15, 0.2) is 24.3 Å². The molecule has 1 atom stereocenters. The van der Waals surface area contributed by atoms with Crippen molar-refractivity contribution in [2.75, 3.05) is 40.4 Å². The lowest BCUT2D eigenvalue weighted by Crippen LogP contribution is -2.46. The molecule has 0 bridgehead atoms. The van der Waals surface area contributed by atoms with Gasteiger partial charge in [-0.3, -0.25) is 14.4 Å². The van der Waals surface area contributed by atoms with Crippen molar-refractivity contribution in [3.63, 3.8) is 0 Å². The van der Waals surface area contributed by atoms with Crippen LogP contribution in [0.5, 0.6) is 11.5 Å². The van der Waals surface area contributed by atoms with E-state index < -0.39 is 11.9 Å². The van der Waals surface area contributed by atoms with Crippen molar-refractivity contribution in [1.29, 1.82) is 0 Å². The highest BCUT2D eigenvalue weighted by molar-refractivity contribution is 5.85. The number of likely N-dealkylation sites (tertiary alicyclic amines) is 1. The van der Waals surface area contributed by atoms with E-state index in [1.165, 1.54) is 4.90 Å². The minimum atomic E-state index is -0.876. The topological polar surface area (TPSA) is 96.4 Å². The molecule has 8 heteroatoms. The summed E-state index contributed by atoms with van der Waals surface area (Å²) in [6.07, 6.45) is 2.07. The minimum Gasteiger partial charge on any atom is -0.497 e. The average Bonchev–Trinajstić information content (AvgIpc) is 2.71. The van der Waals surface area contributed by atoms with E-state index in [1.807, 2.05) is 0 Å². The fourth-order valence-electron chi connectivity index (χ4n) is 3.07. The standard InChI is InChI=1S/C20H28N2O6/c1-21(14-19(24)22-11-3-5-15(13-22)20(25)26)18(23)6-4-12-28-17-9-7-16(27-2)8-10-17/h7-10,15H,3-6,11-14H2,1-2H3,(H,25,26). The minimum absolute atomic E-state index is 0.0372. The first-order valence-electron chi connectivity index (χ1n) is 9.42. The molecule has 1 N–H and O–H groups in total. The Labute approximate surface area is 165 Å². The molecule has 8 nitrogen and oxygen atoms in total. The molecule has 1 saturated heterocycles. The normalized spacial score (nSPS) is 16.4. The number of carboxylic acids is 1. The van der Waals surface area contributed by atoms with Crippen LogP contribution in [0, 0.1) is 5.92 Å². The van der Waals surface area contributed by atoms with Crippen LogP contribution in [0.4, 0.5) is 0 Å². The SMILES string of the molecule is COc1ccc(OCCCC(=O)N(C)CC(=O)N2CCCC(C(=O)O)C2)cc1. The second kappa shape index (κ2) is 10.5. The molecule has 1 aliphatic heterocycles. The molecular weight excluding hydrogens is 364 g/mol. The van der Waals surface area contributed by atoms with Crippen LogP contribution in [-0.2, 0) is 14.4 Å². The number of likely N-dealkylation sites (N-methyl/N-ethyl adjacent to an activating group) is 1. The van der Waals surface area contributed by atoms with Crippen LogP contribution in [0.2, 0.25) is 0 Å². The Morgan fingerprint density at radius 3 is 2.54 bits per heavy atom. The van der Waals surface area contributed by atoms with Crippen molar-refractivity contribution in [3.8, 4) is 11.5 Å². The molecule has 1 unspecified atom stereocenters. The van der Waals surface area contributed by atoms with Gasteiger partial charge in [-0.05, 0) is 43.5 Å². The van der Waals surface area contributed by atoms with Gasteiger partial charge in [0.25, 0.3) is 0 Å². The number of hydrogen-bond donors (Lipinski definition) is 1. The number of carbonyl (C=O) groups is 3. The lowest BCUT2D eigenvalue weighted by Gasteiger charge is -2.32. The quantitative estimate of drug-likeness (QED) is 0.642. The maximum absolute atomic E-state index is 12.4. The molecule has 0 spiro atoms. The number of nitrogens with zero attached hydrogens (tertiary/aromatic N) is 2. The number of methoxy groups -OCH3 is 1. The van der Waals surface area contributed by atoms with Gasteiger partial charge in [-0.2, -0.15) is 0 Å². The summed E-state index contributed by atoms with van der Waals surface area (Å²) in [5.41, 5.74) is 0. The second-order valence-corrected chi connectivity index (χ2v) is 6.89. The number of rotatable bonds is 9. The van der Waals surface area contributed by atoms with Gasteiger partial charge in [0.1, 0.15) is 11.5 Å². The van der Waals surface area contributed by atoms with Crippen LogP contribution in [0.3, 0.4) is 0 Å². The fraction of sp³-hybridized carbons (Fsp3) is 0.550. The van der Waals surface area contributed by atoms with Gasteiger partial charge < -0.3 is 24.4 Å². The van der Waals surface area contributed by atoms with Gasteiger partial charge in [0.05, 0.1) is 26.2 Å². The van der Waals surface area contributed by atoms with Gasteiger partial charge in [0.2, 0.25) is 11.8 Å². The third kappa shape index (κ3) is 6.44. The smallest absolute Gasteiger partial charge is 0.308 e. The van der Waals surface area contributed by atoms with E-state index in [-0.39, 0.29) is 31.3 Å². The zero-order valence-corrected chi connectivity index (χ0v) is 16.4. The zero-order valence-electron chi connectivity index (χ0n) is 16.4. The van der Waals surface area contributed by atoms with E-state index in [0.29, 0.717) is 38.2 Å². The summed E-state index contributed by atoms with van der Waals surface area (Å²) in [4.78, 5) is 38.6. The highest BCUT2D eigenvalue weighted by Crippen LogP contribution is 2.18. The lowest BCUT2D eigenvalue weighted by molar-refractivity contribution is -0.147. The molecule has 0 saturated carbocycles. The highest BCUT2D eigenvalue weighted by Gasteiger charge is 2.28. The monoisotopic (exact) mass is 392 g/mol. The molecule has 1 aliphatic rings. The molecule has 1 fully saturated rings. The number of aliphatic carboxylic acids is 1. The van der Waals surface area contributed by atoms with E-state index in [1.54, 1.807) is 43.3 Å². The Morgan fingerprint density at radius 2 is 1.89 bits per heavy atom. The van der Waals surface area contributed by atoms with Gasteiger partial charge >= 0.3 is 5.97 Å². The van der Waals surface area contributed by atoms with Gasteiger partial charge in [0.15, 0.2) is 0 Å². The Morgan fingerprint density at radius 1 is 1.21 bits per heavy atom. The van der Waals surface area contributed by atoms with E-state index in [9.17, 15) is 14.4 Å². The van der Waals surface area contributed by atoms with Gasteiger partial charge in [0, 0.05) is 26.6 Å². The number of ether oxygens (including phenoxy) is 2. The van der Waals surface area contributed by atoms with Crippen molar-refractivity contribution >= 4 is 17.8 Å². The lowest BCUT2D eigenvalue weighted by atomic mass is 9.98. The maximum atomic E-state index is 12.4. The van der Waals surface area contributed by atoms with Crippen LogP contribution in [0.1, 0.15) is 25.7 Å². The number of carboxylic acid groups (broad SMARTS) is 1. The molecular formula is C20H28N2O6. The first-order chi connectivity index (χ1) is 13.4. The summed E-state index contributed by atoms with van der Waals surface area (Å²) in [6.45, 7) is 1.11. The fourth-order valence-corrected chi connectivity index (χ4v) is 3.07. The molecule has 2 amide bonds. The van der Waals surface area contributed by atoms with Crippen LogP contribution >= 0.6 is 0 Å². The molecule has 154 valence electrons. The van der Waals surface area contributed by atoms with E-state index in [4.69, 9.17) is 14.6 Å². The Bertz CT molecular complexity index is 676. The molecule has 0 aromatic heterocycles. The van der Waals surface area contributed by atoms with Crippen molar-refractivity contribution in [2.24, 2.45) is 5.92 Å². The second-order valence-electron chi connectivity index (χ2n) is 6.89. The van der Waals surface area contributed by atoms with Crippen LogP contribution < -0.4 is 9.47 Å². The number of amides is 2. The van der Waals surface area contributed by atoms with Gasteiger partial charge in [-0.1, -0.05) is 0 Å².